The lowest BCUT2D eigenvalue weighted by atomic mass is 9.68. The van der Waals surface area contributed by atoms with Crippen LogP contribution in [0.15, 0.2) is 36.4 Å². The Kier molecular flexibility index (Phi) is 4.64. The van der Waals surface area contributed by atoms with Crippen LogP contribution >= 0.6 is 0 Å². The molecule has 6 atom stereocenters. The van der Waals surface area contributed by atoms with Gasteiger partial charge >= 0.3 is 0 Å². The van der Waals surface area contributed by atoms with Gasteiger partial charge in [-0.1, -0.05) is 24.3 Å². The number of aromatic hydroxyl groups is 3. The first-order valence-electron chi connectivity index (χ1n) is 10.4. The van der Waals surface area contributed by atoms with E-state index in [1.165, 1.54) is 18.7 Å². The Balaban J connectivity index is 1.47. The zero-order valence-electron chi connectivity index (χ0n) is 16.7. The Hall–Kier alpha value is -2.70. The van der Waals surface area contributed by atoms with Crippen molar-refractivity contribution in [1.82, 2.24) is 0 Å². The molecule has 0 aromatic heterocycles. The van der Waals surface area contributed by atoms with Gasteiger partial charge in [0.15, 0.2) is 11.5 Å². The van der Waals surface area contributed by atoms with Gasteiger partial charge in [-0.25, -0.2) is 0 Å². The molecule has 158 valence electrons. The van der Waals surface area contributed by atoms with E-state index in [9.17, 15) is 20.4 Å². The average molecular weight is 410 g/mol. The van der Waals surface area contributed by atoms with E-state index < -0.39 is 12.2 Å². The number of benzene rings is 2. The quantitative estimate of drug-likeness (QED) is 0.562. The topological polar surface area (TPSA) is 99.4 Å². The van der Waals surface area contributed by atoms with Crippen LogP contribution in [0.5, 0.6) is 23.0 Å². The van der Waals surface area contributed by atoms with Crippen LogP contribution in [-0.4, -0.2) is 39.7 Å². The largest absolute Gasteiger partial charge is 0.508 e. The molecular formula is C24H26O6. The lowest BCUT2D eigenvalue weighted by Gasteiger charge is -2.49. The number of ether oxygens (including phenoxy) is 2. The molecule has 0 amide bonds. The summed E-state index contributed by atoms with van der Waals surface area (Å²) in [5, 5.41) is 41.1. The van der Waals surface area contributed by atoms with Gasteiger partial charge < -0.3 is 29.9 Å². The van der Waals surface area contributed by atoms with E-state index in [-0.39, 0.29) is 40.9 Å². The Morgan fingerprint density at radius 3 is 2.57 bits per heavy atom. The third kappa shape index (κ3) is 2.94. The number of hydrogen-bond donors (Lipinski definition) is 4. The molecule has 2 aliphatic carbocycles. The van der Waals surface area contributed by atoms with Crippen molar-refractivity contribution in [2.45, 2.75) is 43.5 Å². The van der Waals surface area contributed by atoms with E-state index in [0.717, 1.165) is 24.8 Å². The molecule has 2 aromatic carbocycles. The van der Waals surface area contributed by atoms with Gasteiger partial charge in [-0.3, -0.25) is 0 Å². The van der Waals surface area contributed by atoms with Gasteiger partial charge in [-0.2, -0.15) is 0 Å². The third-order valence-corrected chi connectivity index (χ3v) is 7.01. The molecule has 2 aromatic rings. The lowest BCUT2D eigenvalue weighted by molar-refractivity contribution is -0.177. The van der Waals surface area contributed by atoms with Crippen molar-refractivity contribution in [3.8, 4) is 23.0 Å². The van der Waals surface area contributed by atoms with Gasteiger partial charge in [0, 0.05) is 17.4 Å². The zero-order chi connectivity index (χ0) is 21.0. The molecule has 6 nitrogen and oxygen atoms in total. The Morgan fingerprint density at radius 1 is 1.07 bits per heavy atom. The number of methoxy groups -OCH3 is 1. The molecule has 0 bridgehead atoms. The van der Waals surface area contributed by atoms with Crippen molar-refractivity contribution in [3.63, 3.8) is 0 Å². The SMILES string of the molecule is COc1c(O)c(O)cc2c1C=CC1C2OC2CC(c3ccc(O)cc3)CCC2C1O. The molecule has 1 heterocycles. The summed E-state index contributed by atoms with van der Waals surface area (Å²) in [6.07, 6.45) is 5.31. The van der Waals surface area contributed by atoms with Crippen molar-refractivity contribution in [1.29, 1.82) is 0 Å². The highest BCUT2D eigenvalue weighted by Gasteiger charge is 2.48. The monoisotopic (exact) mass is 410 g/mol. The van der Waals surface area contributed by atoms with E-state index >= 15 is 0 Å². The van der Waals surface area contributed by atoms with Crippen LogP contribution in [0.25, 0.3) is 6.08 Å². The van der Waals surface area contributed by atoms with Crippen LogP contribution in [0.4, 0.5) is 0 Å². The molecule has 3 aliphatic rings. The summed E-state index contributed by atoms with van der Waals surface area (Å²) >= 11 is 0. The maximum absolute atomic E-state index is 11.2. The van der Waals surface area contributed by atoms with E-state index in [1.807, 2.05) is 24.3 Å². The fraction of sp³-hybridized carbons (Fsp3) is 0.417. The molecule has 4 N–H and O–H groups in total. The van der Waals surface area contributed by atoms with Gasteiger partial charge in [0.25, 0.3) is 0 Å². The summed E-state index contributed by atoms with van der Waals surface area (Å²) in [4.78, 5) is 0. The lowest BCUT2D eigenvalue weighted by Crippen LogP contribution is -2.49. The van der Waals surface area contributed by atoms with Crippen LogP contribution < -0.4 is 4.74 Å². The molecule has 2 fully saturated rings. The summed E-state index contributed by atoms with van der Waals surface area (Å²) in [6.45, 7) is 0. The fourth-order valence-electron chi connectivity index (χ4n) is 5.48. The second-order valence-electron chi connectivity index (χ2n) is 8.57. The standard InChI is InChI=1S/C24H26O6/c1-29-24-15-8-9-17-21(27)16-7-4-13(12-2-5-14(25)6-3-12)10-20(16)30-23(17)18(15)11-19(26)22(24)28/h2-3,5-6,8-9,11,13,16-17,20-21,23,25-28H,4,7,10H2,1H3. The second-order valence-corrected chi connectivity index (χ2v) is 8.57. The van der Waals surface area contributed by atoms with E-state index in [0.29, 0.717) is 11.5 Å². The highest BCUT2D eigenvalue weighted by molar-refractivity contribution is 5.71. The predicted octanol–water partition coefficient (Wildman–Crippen LogP) is 3.84. The minimum absolute atomic E-state index is 0.0541. The van der Waals surface area contributed by atoms with Crippen molar-refractivity contribution in [3.05, 3.63) is 53.1 Å². The first kappa shape index (κ1) is 19.3. The van der Waals surface area contributed by atoms with Gasteiger partial charge in [0.05, 0.1) is 25.4 Å². The second kappa shape index (κ2) is 7.22. The normalized spacial score (nSPS) is 32.1. The van der Waals surface area contributed by atoms with Crippen LogP contribution in [0.3, 0.4) is 0 Å². The smallest absolute Gasteiger partial charge is 0.201 e. The summed E-state index contributed by atoms with van der Waals surface area (Å²) in [5.41, 5.74) is 2.56. The molecule has 1 aliphatic heterocycles. The maximum atomic E-state index is 11.2. The summed E-state index contributed by atoms with van der Waals surface area (Å²) in [6, 6.07) is 8.83. The minimum Gasteiger partial charge on any atom is -0.508 e. The average Bonchev–Trinajstić information content (AvgIpc) is 2.75. The van der Waals surface area contributed by atoms with Crippen molar-refractivity contribution < 1.29 is 29.9 Å². The van der Waals surface area contributed by atoms with Gasteiger partial charge in [0.1, 0.15) is 5.75 Å². The van der Waals surface area contributed by atoms with Crippen LogP contribution in [0, 0.1) is 11.8 Å². The van der Waals surface area contributed by atoms with Gasteiger partial charge in [-0.05, 0) is 54.5 Å². The first-order valence-corrected chi connectivity index (χ1v) is 10.4. The number of hydrogen-bond acceptors (Lipinski definition) is 6. The van der Waals surface area contributed by atoms with Gasteiger partial charge in [0.2, 0.25) is 5.75 Å². The number of fused-ring (bicyclic) bond motifs is 4. The first-order chi connectivity index (χ1) is 14.5. The number of phenolic OH excluding ortho intramolecular Hbond substituents is 3. The molecule has 6 unspecified atom stereocenters. The highest BCUT2D eigenvalue weighted by atomic mass is 16.5. The van der Waals surface area contributed by atoms with Crippen molar-refractivity contribution in [2.75, 3.05) is 7.11 Å². The molecule has 6 heteroatoms. The maximum Gasteiger partial charge on any atom is 0.201 e. The highest BCUT2D eigenvalue weighted by Crippen LogP contribution is 2.53. The molecular weight excluding hydrogens is 384 g/mol. The molecule has 1 saturated carbocycles. The number of phenols is 3. The number of rotatable bonds is 2. The van der Waals surface area contributed by atoms with Gasteiger partial charge in [-0.15, -0.1) is 0 Å². The predicted molar refractivity (Wildman–Crippen MR) is 111 cm³/mol. The molecule has 0 radical (unpaired) electrons. The molecule has 0 spiro atoms. The fourth-order valence-corrected chi connectivity index (χ4v) is 5.48. The van der Waals surface area contributed by atoms with Crippen molar-refractivity contribution >= 4 is 6.08 Å². The Labute approximate surface area is 175 Å². The third-order valence-electron chi connectivity index (χ3n) is 7.01. The van der Waals surface area contributed by atoms with Crippen LogP contribution in [0.2, 0.25) is 0 Å². The Bertz CT molecular complexity index is 982. The summed E-state index contributed by atoms with van der Waals surface area (Å²) in [5.74, 6) is 0.0601. The molecule has 5 rings (SSSR count). The van der Waals surface area contributed by atoms with Crippen molar-refractivity contribution in [2.24, 2.45) is 11.8 Å². The number of aliphatic hydroxyl groups is 1. The Morgan fingerprint density at radius 2 is 1.83 bits per heavy atom. The summed E-state index contributed by atoms with van der Waals surface area (Å²) in [7, 11) is 1.45. The molecule has 1 saturated heterocycles. The van der Waals surface area contributed by atoms with E-state index in [4.69, 9.17) is 9.47 Å². The minimum atomic E-state index is -0.541. The summed E-state index contributed by atoms with van der Waals surface area (Å²) < 4.78 is 11.9. The van der Waals surface area contributed by atoms with E-state index in [1.54, 1.807) is 12.1 Å². The van der Waals surface area contributed by atoms with Crippen LogP contribution in [-0.2, 0) is 4.74 Å². The van der Waals surface area contributed by atoms with Crippen LogP contribution in [0.1, 0.15) is 48.0 Å². The van der Waals surface area contributed by atoms with E-state index in [2.05, 4.69) is 0 Å². The molecule has 30 heavy (non-hydrogen) atoms. The zero-order valence-corrected chi connectivity index (χ0v) is 16.7. The number of aliphatic hydroxyl groups excluding tert-OH is 1.